The van der Waals surface area contributed by atoms with Crippen molar-refractivity contribution in [1.29, 1.82) is 0 Å². The molecule has 1 saturated carbocycles. The van der Waals surface area contributed by atoms with Gasteiger partial charge in [0.25, 0.3) is 0 Å². The van der Waals surface area contributed by atoms with Gasteiger partial charge in [-0.2, -0.15) is 0 Å². The van der Waals surface area contributed by atoms with Gasteiger partial charge in [0.1, 0.15) is 0 Å². The van der Waals surface area contributed by atoms with E-state index in [2.05, 4.69) is 83.2 Å². The van der Waals surface area contributed by atoms with Crippen molar-refractivity contribution in [3.63, 3.8) is 0 Å². The fourth-order valence-corrected chi connectivity index (χ4v) is 6.59. The average Bonchev–Trinajstić information content (AvgIpc) is 3.64. The van der Waals surface area contributed by atoms with Gasteiger partial charge in [0.15, 0.2) is 0 Å². The summed E-state index contributed by atoms with van der Waals surface area (Å²) in [5.74, 6) is 2.36. The average molecular weight is 686 g/mol. The van der Waals surface area contributed by atoms with E-state index < -0.39 is 0 Å². The summed E-state index contributed by atoms with van der Waals surface area (Å²) in [7, 11) is 0. The van der Waals surface area contributed by atoms with E-state index in [0.717, 1.165) is 41.5 Å². The van der Waals surface area contributed by atoms with Crippen LogP contribution in [0.15, 0.2) is 85.1 Å². The van der Waals surface area contributed by atoms with E-state index in [1.54, 1.807) is 5.57 Å². The van der Waals surface area contributed by atoms with Gasteiger partial charge in [-0.05, 0) is 48.6 Å². The van der Waals surface area contributed by atoms with Crippen LogP contribution in [0.1, 0.15) is 55.2 Å². The van der Waals surface area contributed by atoms with Crippen LogP contribution in [0.5, 0.6) is 0 Å². The van der Waals surface area contributed by atoms with Crippen LogP contribution >= 0.6 is 0 Å². The molecule has 3 aromatic carbocycles. The first-order valence-corrected chi connectivity index (χ1v) is 13.9. The molecule has 1 radical (unpaired) electrons. The zero-order chi connectivity index (χ0) is 25.5. The van der Waals surface area contributed by atoms with Crippen LogP contribution < -0.4 is 0 Å². The molecule has 0 N–H and O–H groups in total. The second-order valence-corrected chi connectivity index (χ2v) is 10.8. The fourth-order valence-electron chi connectivity index (χ4n) is 6.59. The van der Waals surface area contributed by atoms with E-state index in [4.69, 9.17) is 4.98 Å². The number of aromatic nitrogens is 3. The molecule has 8 rings (SSSR count). The number of pyridine rings is 1. The van der Waals surface area contributed by atoms with Crippen molar-refractivity contribution < 1.29 is 20.1 Å². The van der Waals surface area contributed by atoms with E-state index in [1.165, 1.54) is 53.5 Å². The Kier molecular flexibility index (Phi) is 7.34. The van der Waals surface area contributed by atoms with Crippen molar-refractivity contribution in [2.45, 2.75) is 51.5 Å². The summed E-state index contributed by atoms with van der Waals surface area (Å²) in [5, 5.41) is 0. The Bertz CT molecular complexity index is 1640. The van der Waals surface area contributed by atoms with Crippen LogP contribution in [0.2, 0.25) is 0 Å². The predicted molar refractivity (Wildman–Crippen MR) is 155 cm³/mol. The van der Waals surface area contributed by atoms with E-state index in [-0.39, 0.29) is 20.1 Å². The summed E-state index contributed by atoms with van der Waals surface area (Å²) in [4.78, 5) is 9.38. The minimum atomic E-state index is 0. The van der Waals surface area contributed by atoms with Gasteiger partial charge in [0.2, 0.25) is 0 Å². The smallest absolute Gasteiger partial charge is 0.0777 e. The number of benzene rings is 3. The summed E-state index contributed by atoms with van der Waals surface area (Å²) in [6.07, 6.45) is 10.8. The van der Waals surface area contributed by atoms with Gasteiger partial charge in [-0.3, -0.25) is 4.98 Å². The Balaban J connectivity index is 0.000000151. The number of hydrogen-bond donors (Lipinski definition) is 0. The molecular weight excluding hydrogens is 655 g/mol. The van der Waals surface area contributed by atoms with Crippen LogP contribution in [-0.2, 0) is 33.1 Å². The third-order valence-corrected chi connectivity index (χ3v) is 8.39. The maximum atomic E-state index is 4.91. The number of nitrogens with zero attached hydrogens (tertiary/aromatic N) is 3. The molecular formula is C35H31IrN3-2. The van der Waals surface area contributed by atoms with E-state index >= 15 is 0 Å². The third-order valence-electron chi connectivity index (χ3n) is 8.39. The Labute approximate surface area is 244 Å². The summed E-state index contributed by atoms with van der Waals surface area (Å²) in [6.45, 7) is 3.19. The Morgan fingerprint density at radius 3 is 2.62 bits per heavy atom. The number of fused-ring (bicyclic) bond motifs is 3. The van der Waals surface area contributed by atoms with Crippen LogP contribution in [-0.4, -0.2) is 14.5 Å². The van der Waals surface area contributed by atoms with Crippen molar-refractivity contribution in [2.24, 2.45) is 5.92 Å². The molecule has 197 valence electrons. The monoisotopic (exact) mass is 686 g/mol. The van der Waals surface area contributed by atoms with Crippen molar-refractivity contribution in [1.82, 2.24) is 14.5 Å². The molecule has 0 saturated heterocycles. The normalized spacial score (nSPS) is 17.4. The van der Waals surface area contributed by atoms with Crippen molar-refractivity contribution in [3.05, 3.63) is 114 Å². The van der Waals surface area contributed by atoms with Gasteiger partial charge < -0.3 is 9.55 Å². The zero-order valence-electron chi connectivity index (χ0n) is 22.2. The summed E-state index contributed by atoms with van der Waals surface area (Å²) < 4.78 is 2.36. The minimum Gasteiger partial charge on any atom is -0.360 e. The van der Waals surface area contributed by atoms with Crippen molar-refractivity contribution in [2.75, 3.05) is 0 Å². The number of hydrogen-bond acceptors (Lipinski definition) is 2. The first-order valence-electron chi connectivity index (χ1n) is 13.9. The molecule has 1 aliphatic heterocycles. The van der Waals surface area contributed by atoms with Crippen LogP contribution in [0.25, 0.3) is 39.3 Å². The van der Waals surface area contributed by atoms with Crippen LogP contribution in [0, 0.1) is 18.1 Å². The third kappa shape index (κ3) is 4.71. The zero-order valence-corrected chi connectivity index (χ0v) is 24.6. The molecule has 4 heteroatoms. The fraction of sp³-hybridized carbons (Fsp3) is 0.257. The number of allylic oxidation sites excluding steroid dienone is 2. The number of para-hydroxylation sites is 1. The Morgan fingerprint density at radius 2 is 1.77 bits per heavy atom. The molecule has 5 aromatic rings. The molecule has 1 fully saturated rings. The van der Waals surface area contributed by atoms with Crippen molar-refractivity contribution >= 4 is 16.6 Å². The van der Waals surface area contributed by atoms with Gasteiger partial charge in [0.05, 0.1) is 16.9 Å². The van der Waals surface area contributed by atoms with E-state index in [0.29, 0.717) is 5.92 Å². The molecule has 3 nitrogen and oxygen atoms in total. The van der Waals surface area contributed by atoms with Gasteiger partial charge in [-0.25, -0.2) is 0 Å². The minimum absolute atomic E-state index is 0. The second-order valence-electron chi connectivity index (χ2n) is 10.8. The van der Waals surface area contributed by atoms with Crippen LogP contribution in [0.3, 0.4) is 0 Å². The standard InChI is InChI=1S/C21H19N2.C14H12N.Ir/c1-2-9-16(10-3-1)21-22-19-12-6-11-18-17(15-7-4-5-8-15)13-14-23(21)20(18)19;1-10-9-11-5-4-8-15-14(11)13-7-3-2-6-12(10)13;/h1-3,6,9,11-13,15H,4-5,7-8,14H2;2-6,8,10H,9H2,1H3;/q2*-1;. The van der Waals surface area contributed by atoms with Gasteiger partial charge in [-0.1, -0.05) is 55.5 Å². The molecule has 0 amide bonds. The van der Waals surface area contributed by atoms with E-state index in [9.17, 15) is 0 Å². The summed E-state index contributed by atoms with van der Waals surface area (Å²) >= 11 is 0. The largest absolute Gasteiger partial charge is 0.360 e. The SMILES string of the molecule is CC1Cc2cccnc2-c2[c-]cccc21.[Ir].[c-]1ccccc1-c1nc2cccc3c2n1CC=C3C1CCCC1. The maximum absolute atomic E-state index is 4.91. The molecule has 2 aliphatic carbocycles. The first kappa shape index (κ1) is 25.9. The van der Waals surface area contributed by atoms with E-state index in [1.807, 2.05) is 30.5 Å². The first-order chi connectivity index (χ1) is 18.8. The van der Waals surface area contributed by atoms with Gasteiger partial charge >= 0.3 is 0 Å². The molecule has 1 unspecified atom stereocenters. The van der Waals surface area contributed by atoms with Crippen LogP contribution in [0.4, 0.5) is 0 Å². The second kappa shape index (κ2) is 11.0. The number of imidazole rings is 1. The molecule has 0 bridgehead atoms. The van der Waals surface area contributed by atoms with Crippen molar-refractivity contribution in [3.8, 4) is 22.6 Å². The van der Waals surface area contributed by atoms with Gasteiger partial charge in [0, 0.05) is 38.4 Å². The molecule has 2 aromatic heterocycles. The molecule has 0 spiro atoms. The molecule has 3 heterocycles. The molecule has 3 aliphatic rings. The Morgan fingerprint density at radius 1 is 0.897 bits per heavy atom. The quantitative estimate of drug-likeness (QED) is 0.175. The van der Waals surface area contributed by atoms with Gasteiger partial charge in [-0.15, -0.1) is 71.3 Å². The molecule has 39 heavy (non-hydrogen) atoms. The number of rotatable bonds is 2. The Hall–Kier alpha value is -3.33. The summed E-state index contributed by atoms with van der Waals surface area (Å²) in [6, 6.07) is 31.7. The maximum Gasteiger partial charge on any atom is 0.0777 e. The molecule has 1 atom stereocenters. The predicted octanol–water partition coefficient (Wildman–Crippen LogP) is 8.30. The topological polar surface area (TPSA) is 30.7 Å². The summed E-state index contributed by atoms with van der Waals surface area (Å²) in [5.41, 5.74) is 11.5.